The number of benzene rings is 1. The molecule has 1 N–H and O–H groups in total. The van der Waals surface area contributed by atoms with Gasteiger partial charge in [-0.1, -0.05) is 18.6 Å². The number of sulfonamides is 1. The minimum absolute atomic E-state index is 0.0328. The quantitative estimate of drug-likeness (QED) is 0.356. The second-order valence-corrected chi connectivity index (χ2v) is 12.1. The Morgan fingerprint density at radius 1 is 1.12 bits per heavy atom. The highest BCUT2D eigenvalue weighted by Crippen LogP contribution is 2.28. The molecule has 1 amide bonds. The summed E-state index contributed by atoms with van der Waals surface area (Å²) in [6.45, 7) is 5.12. The Morgan fingerprint density at radius 3 is 2.60 bits per heavy atom. The molecule has 230 valence electrons. The van der Waals surface area contributed by atoms with Crippen LogP contribution in [-0.4, -0.2) is 102 Å². The van der Waals surface area contributed by atoms with Gasteiger partial charge in [0, 0.05) is 39.3 Å². The molecule has 0 aliphatic carbocycles. The molecule has 1 atom stereocenters. The van der Waals surface area contributed by atoms with Crippen LogP contribution in [0.4, 0.5) is 19.0 Å². The van der Waals surface area contributed by atoms with Crippen molar-refractivity contribution in [2.45, 2.75) is 37.1 Å². The van der Waals surface area contributed by atoms with Crippen LogP contribution in [0.15, 0.2) is 59.5 Å². The van der Waals surface area contributed by atoms with Gasteiger partial charge in [0.2, 0.25) is 15.9 Å². The van der Waals surface area contributed by atoms with Crippen LogP contribution in [0.25, 0.3) is 11.2 Å². The predicted molar refractivity (Wildman–Crippen MR) is 151 cm³/mol. The van der Waals surface area contributed by atoms with E-state index >= 15 is 0 Å². The van der Waals surface area contributed by atoms with Gasteiger partial charge in [0.25, 0.3) is 0 Å². The molecule has 0 bridgehead atoms. The summed E-state index contributed by atoms with van der Waals surface area (Å²) in [4.78, 5) is 34.3. The lowest BCUT2D eigenvalue weighted by atomic mass is 10.1. The van der Waals surface area contributed by atoms with Gasteiger partial charge < -0.3 is 15.0 Å². The average molecular weight is 621 g/mol. The normalized spacial score (nSPS) is 18.8. The van der Waals surface area contributed by atoms with E-state index in [9.17, 15) is 26.4 Å². The van der Waals surface area contributed by atoms with Crippen molar-refractivity contribution < 1.29 is 31.1 Å². The number of halogens is 3. The number of alkyl halides is 3. The number of fused-ring (bicyclic) bond motifs is 1. The lowest BCUT2D eigenvalue weighted by Gasteiger charge is -2.40. The third-order valence-electron chi connectivity index (χ3n) is 7.25. The highest BCUT2D eigenvalue weighted by Gasteiger charge is 2.41. The Labute approximate surface area is 246 Å². The standard InChI is InChI=1S/C27H31F3N8O4S/c1-2-9-36-10-7-19(8-11-36)14-33-26(39)23-17-37(24-16-32-22-15-31-18-34-25(22)35-24)12-13-38(23)43(40,41)21-5-3-20(4-6-21)42-27(28,29)30/h3-7,15-16,18,23H,2,8-14,17H2,1H3,(H,33,39)/t23-/m1/s1. The van der Waals surface area contributed by atoms with E-state index in [1.54, 1.807) is 4.90 Å². The number of carbonyl (C=O) groups is 1. The second-order valence-electron chi connectivity index (χ2n) is 10.2. The Morgan fingerprint density at radius 2 is 1.91 bits per heavy atom. The van der Waals surface area contributed by atoms with E-state index in [0.717, 1.165) is 66.6 Å². The van der Waals surface area contributed by atoms with E-state index in [-0.39, 0.29) is 31.1 Å². The Balaban J connectivity index is 1.37. The number of amides is 1. The molecule has 2 aliphatic heterocycles. The SMILES string of the molecule is CCCN1CC=C(CNC(=O)[C@H]2CN(c3cnc4cncnc4n3)CCN2S(=O)(=O)c2ccc(OC(F)(F)F)cc2)CC1. The van der Waals surface area contributed by atoms with Crippen molar-refractivity contribution in [1.82, 2.24) is 34.5 Å². The molecule has 43 heavy (non-hydrogen) atoms. The van der Waals surface area contributed by atoms with Crippen molar-refractivity contribution >= 4 is 32.9 Å². The summed E-state index contributed by atoms with van der Waals surface area (Å²) >= 11 is 0. The Bertz CT molecular complexity index is 1590. The van der Waals surface area contributed by atoms with Crippen molar-refractivity contribution in [3.8, 4) is 5.75 Å². The summed E-state index contributed by atoms with van der Waals surface area (Å²) in [5.74, 6) is -0.638. The number of nitrogens with zero attached hydrogens (tertiary/aromatic N) is 7. The molecule has 0 unspecified atom stereocenters. The average Bonchev–Trinajstić information content (AvgIpc) is 2.99. The zero-order chi connectivity index (χ0) is 30.6. The zero-order valence-electron chi connectivity index (χ0n) is 23.4. The van der Waals surface area contributed by atoms with E-state index in [4.69, 9.17) is 0 Å². The summed E-state index contributed by atoms with van der Waals surface area (Å²) < 4.78 is 70.2. The van der Waals surface area contributed by atoms with E-state index in [0.29, 0.717) is 17.0 Å². The summed E-state index contributed by atoms with van der Waals surface area (Å²) in [5, 5.41) is 2.90. The van der Waals surface area contributed by atoms with Gasteiger partial charge in [-0.05, 0) is 43.7 Å². The number of aromatic nitrogens is 4. The van der Waals surface area contributed by atoms with Gasteiger partial charge in [0.05, 0.1) is 17.3 Å². The number of hydrogen-bond acceptors (Lipinski definition) is 10. The maximum atomic E-state index is 13.7. The first-order valence-electron chi connectivity index (χ1n) is 13.8. The summed E-state index contributed by atoms with van der Waals surface area (Å²) in [7, 11) is -4.28. The zero-order valence-corrected chi connectivity index (χ0v) is 24.2. The topological polar surface area (TPSA) is 134 Å². The van der Waals surface area contributed by atoms with Crippen molar-refractivity contribution in [2.75, 3.05) is 50.7 Å². The first-order valence-corrected chi connectivity index (χ1v) is 15.2. The van der Waals surface area contributed by atoms with Gasteiger partial charge in [-0.3, -0.25) is 9.69 Å². The number of carbonyl (C=O) groups excluding carboxylic acids is 1. The fourth-order valence-corrected chi connectivity index (χ4v) is 6.66. The molecule has 2 aliphatic rings. The van der Waals surface area contributed by atoms with Crippen molar-refractivity contribution in [2.24, 2.45) is 0 Å². The third-order valence-corrected chi connectivity index (χ3v) is 9.17. The van der Waals surface area contributed by atoms with Gasteiger partial charge in [-0.2, -0.15) is 4.31 Å². The molecule has 1 aromatic carbocycles. The predicted octanol–water partition coefficient (Wildman–Crippen LogP) is 2.36. The van der Waals surface area contributed by atoms with Crippen LogP contribution in [0.3, 0.4) is 0 Å². The minimum Gasteiger partial charge on any atom is -0.406 e. The van der Waals surface area contributed by atoms with Crippen LogP contribution in [0.1, 0.15) is 19.8 Å². The highest BCUT2D eigenvalue weighted by molar-refractivity contribution is 7.89. The number of piperazine rings is 1. The van der Waals surface area contributed by atoms with Gasteiger partial charge in [-0.25, -0.2) is 28.4 Å². The molecular weight excluding hydrogens is 589 g/mol. The van der Waals surface area contributed by atoms with Crippen LogP contribution in [0, 0.1) is 0 Å². The van der Waals surface area contributed by atoms with Crippen LogP contribution in [-0.2, 0) is 14.8 Å². The van der Waals surface area contributed by atoms with Crippen molar-refractivity contribution in [1.29, 1.82) is 0 Å². The van der Waals surface area contributed by atoms with Gasteiger partial charge in [0.15, 0.2) is 5.65 Å². The lowest BCUT2D eigenvalue weighted by molar-refractivity contribution is -0.274. The number of ether oxygens (including phenoxy) is 1. The molecule has 0 spiro atoms. The smallest absolute Gasteiger partial charge is 0.406 e. The fourth-order valence-electron chi connectivity index (χ4n) is 5.09. The van der Waals surface area contributed by atoms with Crippen molar-refractivity contribution in [3.05, 3.63) is 54.6 Å². The van der Waals surface area contributed by atoms with Gasteiger partial charge >= 0.3 is 6.36 Å². The van der Waals surface area contributed by atoms with E-state index < -0.39 is 34.1 Å². The van der Waals surface area contributed by atoms with Crippen LogP contribution in [0.2, 0.25) is 0 Å². The second kappa shape index (κ2) is 12.8. The molecular formula is C27H31F3N8O4S. The molecule has 0 radical (unpaired) electrons. The largest absolute Gasteiger partial charge is 0.573 e. The number of anilines is 1. The van der Waals surface area contributed by atoms with Crippen LogP contribution in [0.5, 0.6) is 5.75 Å². The Kier molecular flexibility index (Phi) is 9.08. The van der Waals surface area contributed by atoms with Crippen LogP contribution < -0.4 is 15.0 Å². The van der Waals surface area contributed by atoms with Crippen LogP contribution >= 0.6 is 0 Å². The van der Waals surface area contributed by atoms with E-state index in [2.05, 4.69) is 47.9 Å². The maximum Gasteiger partial charge on any atom is 0.573 e. The van der Waals surface area contributed by atoms with Crippen molar-refractivity contribution in [3.63, 3.8) is 0 Å². The summed E-state index contributed by atoms with van der Waals surface area (Å²) in [6.07, 6.45) is 3.38. The number of hydrogen-bond donors (Lipinski definition) is 1. The number of rotatable bonds is 9. The third kappa shape index (κ3) is 7.37. The molecule has 1 saturated heterocycles. The molecule has 16 heteroatoms. The van der Waals surface area contributed by atoms with E-state index in [1.807, 2.05) is 0 Å². The molecule has 0 saturated carbocycles. The summed E-state index contributed by atoms with van der Waals surface area (Å²) in [5.41, 5.74) is 1.90. The minimum atomic E-state index is -4.92. The fraction of sp³-hybridized carbons (Fsp3) is 0.444. The van der Waals surface area contributed by atoms with Gasteiger partial charge in [0.1, 0.15) is 29.5 Å². The Hall–Kier alpha value is -3.89. The first-order chi connectivity index (χ1) is 20.5. The molecule has 2 aromatic heterocycles. The molecule has 12 nitrogen and oxygen atoms in total. The number of nitrogens with one attached hydrogen (secondary N) is 1. The van der Waals surface area contributed by atoms with Gasteiger partial charge in [-0.15, -0.1) is 13.2 Å². The monoisotopic (exact) mass is 620 g/mol. The summed E-state index contributed by atoms with van der Waals surface area (Å²) in [6, 6.07) is 2.75. The molecule has 1 fully saturated rings. The highest BCUT2D eigenvalue weighted by atomic mass is 32.2. The molecule has 5 rings (SSSR count). The maximum absolute atomic E-state index is 13.7. The van der Waals surface area contributed by atoms with E-state index in [1.165, 1.54) is 18.7 Å². The lowest BCUT2D eigenvalue weighted by Crippen LogP contribution is -2.61. The first kappa shape index (κ1) is 30.6. The molecule has 3 aromatic rings. The molecule has 4 heterocycles.